The second-order valence-electron chi connectivity index (χ2n) is 4.07. The van der Waals surface area contributed by atoms with Gasteiger partial charge in [0.05, 0.1) is 39.7 Å². The lowest BCUT2D eigenvalue weighted by atomic mass is 10.1. The Morgan fingerprint density at radius 3 is 2.12 bits per heavy atom. The Balaban J connectivity index is 3.19. The molecule has 0 saturated carbocycles. The molecule has 1 rings (SSSR count). The molecule has 0 atom stereocenters. The fourth-order valence-corrected chi connectivity index (χ4v) is 1.58. The minimum atomic E-state index is -1.01. The second-order valence-corrected chi connectivity index (χ2v) is 4.07. The largest absolute Gasteiger partial charge is 0.465 e. The summed E-state index contributed by atoms with van der Waals surface area (Å²) in [5.74, 6) is -0.651. The number of hydrogen-bond donors (Lipinski definition) is 1. The maximum Gasteiger partial charge on any atom is 0.327 e. The fourth-order valence-electron chi connectivity index (χ4n) is 1.58. The number of nitrogens with zero attached hydrogens (tertiary/aromatic N) is 4. The van der Waals surface area contributed by atoms with Gasteiger partial charge in [0.1, 0.15) is 6.54 Å². The van der Waals surface area contributed by atoms with Gasteiger partial charge >= 0.3 is 5.97 Å². The lowest BCUT2D eigenvalue weighted by Gasteiger charge is -2.02. The quantitative estimate of drug-likeness (QED) is 0.311. The summed E-state index contributed by atoms with van der Waals surface area (Å²) in [5.41, 5.74) is -0.873. The number of nitro groups is 3. The van der Waals surface area contributed by atoms with E-state index in [-0.39, 0.29) is 13.2 Å². The molecule has 1 N–H and O–H groups in total. The Labute approximate surface area is 133 Å². The summed E-state index contributed by atoms with van der Waals surface area (Å²) < 4.78 is 4.59. The van der Waals surface area contributed by atoms with Gasteiger partial charge in [-0.3, -0.25) is 40.6 Å². The zero-order valence-corrected chi connectivity index (χ0v) is 12.2. The summed E-state index contributed by atoms with van der Waals surface area (Å²) in [5, 5.41) is 36.2. The van der Waals surface area contributed by atoms with Crippen molar-refractivity contribution in [2.75, 3.05) is 13.2 Å². The van der Waals surface area contributed by atoms with Crippen LogP contribution in [0.5, 0.6) is 0 Å². The highest BCUT2D eigenvalue weighted by molar-refractivity contribution is 5.91. The molecule has 128 valence electrons. The molecule has 24 heavy (non-hydrogen) atoms. The monoisotopic (exact) mass is 341 g/mol. The Bertz CT molecular complexity index is 681. The number of non-ortho nitro benzene ring substituents is 1. The molecule has 0 heterocycles. The van der Waals surface area contributed by atoms with E-state index in [1.807, 2.05) is 0 Å². The predicted octanol–water partition coefficient (Wildman–Crippen LogP) is 0.898. The smallest absolute Gasteiger partial charge is 0.327 e. The number of hydrazone groups is 1. The van der Waals surface area contributed by atoms with Crippen LogP contribution in [0.3, 0.4) is 0 Å². The van der Waals surface area contributed by atoms with Crippen LogP contribution in [0.1, 0.15) is 12.5 Å². The molecule has 0 unspecified atom stereocenters. The fraction of sp³-hybridized carbons (Fsp3) is 0.273. The van der Waals surface area contributed by atoms with Gasteiger partial charge in [-0.05, 0) is 6.92 Å². The van der Waals surface area contributed by atoms with Gasteiger partial charge in [-0.25, -0.2) is 0 Å². The third kappa shape index (κ3) is 4.69. The van der Waals surface area contributed by atoms with Crippen LogP contribution in [0.25, 0.3) is 0 Å². The van der Waals surface area contributed by atoms with Gasteiger partial charge in [0, 0.05) is 0 Å². The van der Waals surface area contributed by atoms with Gasteiger partial charge in [-0.1, -0.05) is 0 Å². The number of carbonyl (C=O) groups excluding carboxylic acids is 1. The Morgan fingerprint density at radius 1 is 1.17 bits per heavy atom. The van der Waals surface area contributed by atoms with Crippen LogP contribution < -0.4 is 5.43 Å². The molecule has 0 aromatic heterocycles. The van der Waals surface area contributed by atoms with Crippen LogP contribution in [-0.4, -0.2) is 40.1 Å². The Morgan fingerprint density at radius 2 is 1.71 bits per heavy atom. The molecule has 0 aliphatic rings. The molecule has 0 amide bonds. The molecular weight excluding hydrogens is 330 g/mol. The van der Waals surface area contributed by atoms with Gasteiger partial charge in [-0.15, -0.1) is 0 Å². The number of nitrogens with one attached hydrogen (secondary N) is 1. The molecule has 1 aromatic carbocycles. The highest BCUT2D eigenvalue weighted by Crippen LogP contribution is 2.32. The van der Waals surface area contributed by atoms with E-state index in [4.69, 9.17) is 0 Å². The maximum atomic E-state index is 11.1. The minimum absolute atomic E-state index is 0.142. The molecule has 1 aromatic rings. The van der Waals surface area contributed by atoms with E-state index in [0.29, 0.717) is 12.1 Å². The first-order valence-electron chi connectivity index (χ1n) is 6.30. The summed E-state index contributed by atoms with van der Waals surface area (Å²) in [7, 11) is 0. The van der Waals surface area contributed by atoms with E-state index >= 15 is 0 Å². The summed E-state index contributed by atoms with van der Waals surface area (Å²) >= 11 is 0. The van der Waals surface area contributed by atoms with E-state index in [0.717, 1.165) is 6.21 Å². The van der Waals surface area contributed by atoms with Crippen LogP contribution in [0.15, 0.2) is 17.2 Å². The van der Waals surface area contributed by atoms with E-state index in [1.165, 1.54) is 0 Å². The number of ether oxygens (including phenoxy) is 1. The van der Waals surface area contributed by atoms with Crippen molar-refractivity contribution in [3.8, 4) is 0 Å². The summed E-state index contributed by atoms with van der Waals surface area (Å²) in [6.45, 7) is 1.37. The molecule has 0 aliphatic heterocycles. The lowest BCUT2D eigenvalue weighted by Crippen LogP contribution is -2.20. The van der Waals surface area contributed by atoms with Crippen molar-refractivity contribution in [1.29, 1.82) is 0 Å². The van der Waals surface area contributed by atoms with Crippen molar-refractivity contribution in [2.45, 2.75) is 6.92 Å². The Kier molecular flexibility index (Phi) is 6.22. The third-order valence-corrected chi connectivity index (χ3v) is 2.54. The molecule has 0 saturated heterocycles. The Hall–Kier alpha value is -3.64. The average Bonchev–Trinajstić information content (AvgIpc) is 2.50. The van der Waals surface area contributed by atoms with E-state index < -0.39 is 43.4 Å². The predicted molar refractivity (Wildman–Crippen MR) is 78.6 cm³/mol. The molecular formula is C11H11N5O8. The molecule has 0 spiro atoms. The van der Waals surface area contributed by atoms with Crippen LogP contribution in [0.4, 0.5) is 17.1 Å². The zero-order valence-electron chi connectivity index (χ0n) is 12.2. The number of esters is 1. The minimum Gasteiger partial charge on any atom is -0.465 e. The highest BCUT2D eigenvalue weighted by atomic mass is 16.6. The van der Waals surface area contributed by atoms with E-state index in [1.54, 1.807) is 6.92 Å². The van der Waals surface area contributed by atoms with Crippen LogP contribution in [0, 0.1) is 30.3 Å². The van der Waals surface area contributed by atoms with Crippen LogP contribution >= 0.6 is 0 Å². The van der Waals surface area contributed by atoms with Crippen molar-refractivity contribution in [3.05, 3.63) is 48.0 Å². The number of rotatable bonds is 8. The number of hydrogen-bond acceptors (Lipinski definition) is 10. The summed E-state index contributed by atoms with van der Waals surface area (Å²) in [6, 6.07) is 1.17. The van der Waals surface area contributed by atoms with Crippen molar-refractivity contribution in [2.24, 2.45) is 5.10 Å². The third-order valence-electron chi connectivity index (χ3n) is 2.54. The van der Waals surface area contributed by atoms with Gasteiger partial charge in [0.25, 0.3) is 17.1 Å². The van der Waals surface area contributed by atoms with E-state index in [9.17, 15) is 35.1 Å². The molecule has 0 aliphatic carbocycles. The second kappa shape index (κ2) is 8.11. The van der Waals surface area contributed by atoms with Gasteiger partial charge in [0.15, 0.2) is 5.56 Å². The number of carbonyl (C=O) groups is 1. The van der Waals surface area contributed by atoms with Crippen molar-refractivity contribution in [3.63, 3.8) is 0 Å². The molecule has 0 bridgehead atoms. The van der Waals surface area contributed by atoms with Crippen LogP contribution in [-0.2, 0) is 9.53 Å². The number of benzene rings is 1. The average molecular weight is 341 g/mol. The number of nitro benzene ring substituents is 3. The molecule has 13 nitrogen and oxygen atoms in total. The zero-order chi connectivity index (χ0) is 18.3. The van der Waals surface area contributed by atoms with Crippen molar-refractivity contribution >= 4 is 29.2 Å². The first kappa shape index (κ1) is 18.4. The first-order chi connectivity index (χ1) is 11.3. The van der Waals surface area contributed by atoms with Crippen molar-refractivity contribution < 1.29 is 24.3 Å². The molecule has 0 radical (unpaired) electrons. The van der Waals surface area contributed by atoms with E-state index in [2.05, 4.69) is 15.3 Å². The first-order valence-corrected chi connectivity index (χ1v) is 6.30. The van der Waals surface area contributed by atoms with Crippen molar-refractivity contribution in [1.82, 2.24) is 5.43 Å². The SMILES string of the molecule is CCOC(=O)CN/N=C/c1c([N+](=O)[O-])cc([N+](=O)[O-])cc1[N+](=O)[O-]. The highest BCUT2D eigenvalue weighted by Gasteiger charge is 2.29. The van der Waals surface area contributed by atoms with Gasteiger partial charge < -0.3 is 4.74 Å². The lowest BCUT2D eigenvalue weighted by molar-refractivity contribution is -0.403. The maximum absolute atomic E-state index is 11.1. The summed E-state index contributed by atoms with van der Waals surface area (Å²) in [6.07, 6.45) is 0.735. The standard InChI is InChI=1S/C11H11N5O8/c1-2-24-11(17)6-13-12-5-8-9(15(20)21)3-7(14(18)19)4-10(8)16(22)23/h3-5,13H,2,6H2,1H3/b12-5+. The summed E-state index contributed by atoms with van der Waals surface area (Å²) in [4.78, 5) is 40.8. The molecule has 0 fully saturated rings. The van der Waals surface area contributed by atoms with Gasteiger partial charge in [-0.2, -0.15) is 5.10 Å². The van der Waals surface area contributed by atoms with Crippen LogP contribution in [0.2, 0.25) is 0 Å². The normalized spacial score (nSPS) is 10.4. The molecule has 13 heteroatoms. The topological polar surface area (TPSA) is 180 Å². The van der Waals surface area contributed by atoms with Gasteiger partial charge in [0.2, 0.25) is 0 Å².